The highest BCUT2D eigenvalue weighted by Crippen LogP contribution is 2.22. The van der Waals surface area contributed by atoms with E-state index >= 15 is 0 Å². The lowest BCUT2D eigenvalue weighted by atomic mass is 10.2. The number of carbonyl (C=O) groups excluding carboxylic acids is 1. The molecule has 0 fully saturated rings. The number of halogens is 1. The number of rotatable bonds is 5. The van der Waals surface area contributed by atoms with Gasteiger partial charge in [-0.15, -0.1) is 0 Å². The van der Waals surface area contributed by atoms with Crippen molar-refractivity contribution in [1.29, 1.82) is 0 Å². The average molecular weight is 350 g/mol. The van der Waals surface area contributed by atoms with E-state index < -0.39 is 0 Å². The Hall–Kier alpha value is -2.01. The van der Waals surface area contributed by atoms with Crippen LogP contribution in [0.2, 0.25) is 0 Å². The SMILES string of the molecule is COc1ccc(NC(=O)COc2ccc(Br)cc2C)cc1. The number of amides is 1. The van der Waals surface area contributed by atoms with Crippen LogP contribution in [0.5, 0.6) is 11.5 Å². The number of ether oxygens (including phenoxy) is 2. The zero-order valence-electron chi connectivity index (χ0n) is 11.9. The van der Waals surface area contributed by atoms with Crippen molar-refractivity contribution in [1.82, 2.24) is 0 Å². The Balaban J connectivity index is 1.89. The van der Waals surface area contributed by atoms with Crippen LogP contribution in [0.4, 0.5) is 5.69 Å². The molecule has 0 aliphatic carbocycles. The Morgan fingerprint density at radius 3 is 2.52 bits per heavy atom. The Labute approximate surface area is 132 Å². The van der Waals surface area contributed by atoms with Crippen molar-refractivity contribution in [2.75, 3.05) is 19.0 Å². The van der Waals surface area contributed by atoms with Gasteiger partial charge in [0.15, 0.2) is 6.61 Å². The molecule has 0 aliphatic heterocycles. The summed E-state index contributed by atoms with van der Waals surface area (Å²) in [5, 5.41) is 2.77. The summed E-state index contributed by atoms with van der Waals surface area (Å²) in [6, 6.07) is 12.8. The zero-order valence-corrected chi connectivity index (χ0v) is 13.4. The largest absolute Gasteiger partial charge is 0.497 e. The van der Waals surface area contributed by atoms with Crippen LogP contribution >= 0.6 is 15.9 Å². The van der Waals surface area contributed by atoms with Crippen LogP contribution in [0.25, 0.3) is 0 Å². The van der Waals surface area contributed by atoms with Gasteiger partial charge in [0.25, 0.3) is 5.91 Å². The van der Waals surface area contributed by atoms with E-state index in [-0.39, 0.29) is 12.5 Å². The summed E-state index contributed by atoms with van der Waals surface area (Å²) in [5.74, 6) is 1.24. The second-order valence-electron chi connectivity index (χ2n) is 4.48. The maximum Gasteiger partial charge on any atom is 0.262 e. The topological polar surface area (TPSA) is 47.6 Å². The predicted octanol–water partition coefficient (Wildman–Crippen LogP) is 3.78. The van der Waals surface area contributed by atoms with Gasteiger partial charge in [0.1, 0.15) is 11.5 Å². The van der Waals surface area contributed by atoms with Gasteiger partial charge < -0.3 is 14.8 Å². The van der Waals surface area contributed by atoms with Crippen molar-refractivity contribution in [3.63, 3.8) is 0 Å². The smallest absolute Gasteiger partial charge is 0.262 e. The Bertz CT molecular complexity index is 626. The molecule has 1 amide bonds. The van der Waals surface area contributed by atoms with E-state index in [1.807, 2.05) is 25.1 Å². The fourth-order valence-electron chi connectivity index (χ4n) is 1.79. The van der Waals surface area contributed by atoms with Crippen LogP contribution in [0, 0.1) is 6.92 Å². The minimum atomic E-state index is -0.206. The molecule has 0 aromatic heterocycles. The summed E-state index contributed by atoms with van der Waals surface area (Å²) in [4.78, 5) is 11.8. The third-order valence-electron chi connectivity index (χ3n) is 2.87. The quantitative estimate of drug-likeness (QED) is 0.893. The van der Waals surface area contributed by atoms with E-state index in [4.69, 9.17) is 9.47 Å². The predicted molar refractivity (Wildman–Crippen MR) is 86.0 cm³/mol. The average Bonchev–Trinajstić information content (AvgIpc) is 2.47. The Kier molecular flexibility index (Phi) is 5.22. The molecule has 4 nitrogen and oxygen atoms in total. The summed E-state index contributed by atoms with van der Waals surface area (Å²) >= 11 is 3.39. The summed E-state index contributed by atoms with van der Waals surface area (Å²) < 4.78 is 11.6. The van der Waals surface area contributed by atoms with Crippen LogP contribution in [-0.2, 0) is 4.79 Å². The van der Waals surface area contributed by atoms with Gasteiger partial charge in [0, 0.05) is 10.2 Å². The first-order valence-corrected chi connectivity index (χ1v) is 7.20. The molecule has 0 radical (unpaired) electrons. The number of hydrogen-bond donors (Lipinski definition) is 1. The third-order valence-corrected chi connectivity index (χ3v) is 3.36. The van der Waals surface area contributed by atoms with Crippen molar-refractivity contribution < 1.29 is 14.3 Å². The van der Waals surface area contributed by atoms with Crippen LogP contribution in [0.15, 0.2) is 46.9 Å². The van der Waals surface area contributed by atoms with Crippen molar-refractivity contribution in [2.24, 2.45) is 0 Å². The third kappa shape index (κ3) is 4.49. The molecule has 0 aliphatic rings. The molecule has 5 heteroatoms. The minimum Gasteiger partial charge on any atom is -0.497 e. The van der Waals surface area contributed by atoms with Crippen LogP contribution in [-0.4, -0.2) is 19.6 Å². The van der Waals surface area contributed by atoms with E-state index in [9.17, 15) is 4.79 Å². The van der Waals surface area contributed by atoms with Gasteiger partial charge in [0.05, 0.1) is 7.11 Å². The lowest BCUT2D eigenvalue weighted by Gasteiger charge is -2.10. The summed E-state index contributed by atoms with van der Waals surface area (Å²) in [6.45, 7) is 1.90. The summed E-state index contributed by atoms with van der Waals surface area (Å²) in [5.41, 5.74) is 1.68. The fourth-order valence-corrected chi connectivity index (χ4v) is 2.27. The molecule has 0 bridgehead atoms. The van der Waals surface area contributed by atoms with E-state index in [1.54, 1.807) is 31.4 Å². The first kappa shape index (κ1) is 15.4. The van der Waals surface area contributed by atoms with Crippen molar-refractivity contribution in [3.8, 4) is 11.5 Å². The standard InChI is InChI=1S/C16H16BrNO3/c1-11-9-12(17)3-8-15(11)21-10-16(19)18-13-4-6-14(20-2)7-5-13/h3-9H,10H2,1-2H3,(H,18,19). The zero-order chi connectivity index (χ0) is 15.2. The molecule has 0 saturated carbocycles. The number of nitrogens with one attached hydrogen (secondary N) is 1. The second kappa shape index (κ2) is 7.13. The fraction of sp³-hybridized carbons (Fsp3) is 0.188. The van der Waals surface area contributed by atoms with Crippen molar-refractivity contribution in [3.05, 3.63) is 52.5 Å². The van der Waals surface area contributed by atoms with Gasteiger partial charge in [0.2, 0.25) is 0 Å². The van der Waals surface area contributed by atoms with Gasteiger partial charge in [-0.05, 0) is 55.0 Å². The highest BCUT2D eigenvalue weighted by molar-refractivity contribution is 9.10. The molecule has 0 saturated heterocycles. The monoisotopic (exact) mass is 349 g/mol. The second-order valence-corrected chi connectivity index (χ2v) is 5.39. The van der Waals surface area contributed by atoms with Crippen LogP contribution in [0.3, 0.4) is 0 Å². The first-order valence-electron chi connectivity index (χ1n) is 6.41. The molecule has 0 heterocycles. The van der Waals surface area contributed by atoms with Gasteiger partial charge in [-0.25, -0.2) is 0 Å². The molecule has 2 aromatic carbocycles. The maximum absolute atomic E-state index is 11.8. The van der Waals surface area contributed by atoms with E-state index in [0.717, 1.165) is 15.8 Å². The van der Waals surface area contributed by atoms with Gasteiger partial charge in [-0.3, -0.25) is 4.79 Å². The Morgan fingerprint density at radius 2 is 1.90 bits per heavy atom. The number of methoxy groups -OCH3 is 1. The number of benzene rings is 2. The van der Waals surface area contributed by atoms with Crippen molar-refractivity contribution in [2.45, 2.75) is 6.92 Å². The molecular weight excluding hydrogens is 334 g/mol. The molecule has 2 rings (SSSR count). The van der Waals surface area contributed by atoms with E-state index in [1.165, 1.54) is 0 Å². The molecule has 0 atom stereocenters. The first-order chi connectivity index (χ1) is 10.1. The minimum absolute atomic E-state index is 0.0332. The molecule has 2 aromatic rings. The summed E-state index contributed by atoms with van der Waals surface area (Å²) in [7, 11) is 1.60. The van der Waals surface area contributed by atoms with Crippen LogP contribution in [0.1, 0.15) is 5.56 Å². The van der Waals surface area contributed by atoms with E-state index in [2.05, 4.69) is 21.2 Å². The molecule has 0 unspecified atom stereocenters. The molecule has 21 heavy (non-hydrogen) atoms. The van der Waals surface area contributed by atoms with Gasteiger partial charge in [-0.2, -0.15) is 0 Å². The lowest BCUT2D eigenvalue weighted by molar-refractivity contribution is -0.118. The van der Waals surface area contributed by atoms with E-state index in [0.29, 0.717) is 11.4 Å². The Morgan fingerprint density at radius 1 is 1.19 bits per heavy atom. The summed E-state index contributed by atoms with van der Waals surface area (Å²) in [6.07, 6.45) is 0. The van der Waals surface area contributed by atoms with Crippen molar-refractivity contribution >= 4 is 27.5 Å². The highest BCUT2D eigenvalue weighted by atomic mass is 79.9. The number of carbonyl (C=O) groups is 1. The maximum atomic E-state index is 11.8. The number of hydrogen-bond acceptors (Lipinski definition) is 3. The normalized spacial score (nSPS) is 10.0. The number of anilines is 1. The molecule has 0 spiro atoms. The molecular formula is C16H16BrNO3. The highest BCUT2D eigenvalue weighted by Gasteiger charge is 2.06. The van der Waals surface area contributed by atoms with Crippen LogP contribution < -0.4 is 14.8 Å². The molecule has 1 N–H and O–H groups in total. The van der Waals surface area contributed by atoms with Gasteiger partial charge in [-0.1, -0.05) is 15.9 Å². The van der Waals surface area contributed by atoms with Gasteiger partial charge >= 0.3 is 0 Å². The molecule has 110 valence electrons. The number of aryl methyl sites for hydroxylation is 1. The lowest BCUT2D eigenvalue weighted by Crippen LogP contribution is -2.20.